The molecule has 1 aliphatic rings. The topological polar surface area (TPSA) is 44.1 Å². The molecule has 1 fully saturated rings. The monoisotopic (exact) mass is 304 g/mol. The Bertz CT molecular complexity index is 591. The normalized spacial score (nSPS) is 17.7. The molecule has 1 aromatic carbocycles. The Hall–Kier alpha value is -1.46. The zero-order valence-electron chi connectivity index (χ0n) is 12.0. The highest BCUT2D eigenvalue weighted by atomic mass is 32.2. The molecule has 0 radical (unpaired) electrons. The first-order valence-corrected chi connectivity index (χ1v) is 8.82. The van der Waals surface area contributed by atoms with Crippen molar-refractivity contribution in [1.29, 1.82) is 0 Å². The van der Waals surface area contributed by atoms with Gasteiger partial charge in [-0.1, -0.05) is 18.2 Å². The van der Waals surface area contributed by atoms with E-state index >= 15 is 0 Å². The van der Waals surface area contributed by atoms with Crippen LogP contribution >= 0.6 is 0 Å². The minimum atomic E-state index is -0.820. The summed E-state index contributed by atoms with van der Waals surface area (Å²) >= 11 is 0. The summed E-state index contributed by atoms with van der Waals surface area (Å²) in [5.74, 6) is 1.91. The number of hydrogen-bond acceptors (Lipinski definition) is 3. The summed E-state index contributed by atoms with van der Waals surface area (Å²) in [4.78, 5) is 0. The van der Waals surface area contributed by atoms with Gasteiger partial charge in [0, 0.05) is 41.5 Å². The van der Waals surface area contributed by atoms with Crippen molar-refractivity contribution < 1.29 is 8.95 Å². The van der Waals surface area contributed by atoms with Crippen LogP contribution in [-0.4, -0.2) is 33.0 Å². The third kappa shape index (κ3) is 4.02. The van der Waals surface area contributed by atoms with Crippen LogP contribution in [0, 0.1) is 5.92 Å². The second-order valence-electron chi connectivity index (χ2n) is 5.44. The Balaban J connectivity index is 1.58. The SMILES string of the molecule is O=[S@@](Cc1cnn(-c2ccccc2)c1)CC1CCOCC1. The molecule has 1 aromatic heterocycles. The molecule has 112 valence electrons. The van der Waals surface area contributed by atoms with Crippen molar-refractivity contribution in [3.05, 3.63) is 48.3 Å². The molecule has 1 aliphatic heterocycles. The van der Waals surface area contributed by atoms with E-state index in [4.69, 9.17) is 4.74 Å². The molecule has 0 bridgehead atoms. The van der Waals surface area contributed by atoms with Crippen LogP contribution in [0.25, 0.3) is 5.69 Å². The zero-order chi connectivity index (χ0) is 14.5. The molecule has 0 saturated carbocycles. The maximum atomic E-state index is 12.3. The van der Waals surface area contributed by atoms with E-state index in [2.05, 4.69) is 5.10 Å². The highest BCUT2D eigenvalue weighted by molar-refractivity contribution is 7.84. The summed E-state index contributed by atoms with van der Waals surface area (Å²) in [7, 11) is -0.820. The van der Waals surface area contributed by atoms with Crippen molar-refractivity contribution in [1.82, 2.24) is 9.78 Å². The van der Waals surface area contributed by atoms with E-state index in [1.165, 1.54) is 0 Å². The molecule has 0 aliphatic carbocycles. The van der Waals surface area contributed by atoms with Crippen LogP contribution in [0.15, 0.2) is 42.7 Å². The summed E-state index contributed by atoms with van der Waals surface area (Å²) < 4.78 is 19.4. The molecule has 2 aromatic rings. The van der Waals surface area contributed by atoms with E-state index in [1.54, 1.807) is 0 Å². The van der Waals surface area contributed by atoms with Gasteiger partial charge in [0.25, 0.3) is 0 Å². The molecule has 0 spiro atoms. The van der Waals surface area contributed by atoms with Gasteiger partial charge in [0.05, 0.1) is 17.6 Å². The fraction of sp³-hybridized carbons (Fsp3) is 0.438. The van der Waals surface area contributed by atoms with Crippen molar-refractivity contribution in [2.75, 3.05) is 19.0 Å². The molecular formula is C16H20N2O2S. The lowest BCUT2D eigenvalue weighted by Crippen LogP contribution is -2.21. The van der Waals surface area contributed by atoms with E-state index in [-0.39, 0.29) is 0 Å². The van der Waals surface area contributed by atoms with Crippen LogP contribution in [0.3, 0.4) is 0 Å². The maximum absolute atomic E-state index is 12.3. The average molecular weight is 304 g/mol. The zero-order valence-corrected chi connectivity index (χ0v) is 12.8. The van der Waals surface area contributed by atoms with Crippen molar-refractivity contribution in [3.8, 4) is 5.69 Å². The van der Waals surface area contributed by atoms with E-state index in [9.17, 15) is 4.21 Å². The third-order valence-electron chi connectivity index (χ3n) is 3.75. The number of benzene rings is 1. The van der Waals surface area contributed by atoms with Crippen LogP contribution in [-0.2, 0) is 21.3 Å². The van der Waals surface area contributed by atoms with Crippen molar-refractivity contribution in [2.24, 2.45) is 5.92 Å². The van der Waals surface area contributed by atoms with Crippen LogP contribution in [0.4, 0.5) is 0 Å². The van der Waals surface area contributed by atoms with E-state index in [0.717, 1.165) is 43.1 Å². The maximum Gasteiger partial charge on any atom is 0.0645 e. The second-order valence-corrected chi connectivity index (χ2v) is 6.94. The van der Waals surface area contributed by atoms with Gasteiger partial charge in [-0.15, -0.1) is 0 Å². The summed E-state index contributed by atoms with van der Waals surface area (Å²) in [5, 5.41) is 4.35. The molecule has 0 unspecified atom stereocenters. The van der Waals surface area contributed by atoms with Gasteiger partial charge in [0.1, 0.15) is 0 Å². The van der Waals surface area contributed by atoms with Crippen LogP contribution in [0.1, 0.15) is 18.4 Å². The van der Waals surface area contributed by atoms with Crippen molar-refractivity contribution in [3.63, 3.8) is 0 Å². The summed E-state index contributed by atoms with van der Waals surface area (Å²) in [6.45, 7) is 1.63. The molecule has 0 N–H and O–H groups in total. The lowest BCUT2D eigenvalue weighted by molar-refractivity contribution is 0.0725. The first-order chi connectivity index (χ1) is 10.3. The fourth-order valence-electron chi connectivity index (χ4n) is 2.58. The van der Waals surface area contributed by atoms with Gasteiger partial charge in [0.15, 0.2) is 0 Å². The largest absolute Gasteiger partial charge is 0.381 e. The smallest absolute Gasteiger partial charge is 0.0645 e. The number of para-hydroxylation sites is 1. The quantitative estimate of drug-likeness (QED) is 0.852. The molecule has 0 amide bonds. The molecule has 5 heteroatoms. The van der Waals surface area contributed by atoms with E-state index in [1.807, 2.05) is 47.4 Å². The van der Waals surface area contributed by atoms with Crippen LogP contribution in [0.2, 0.25) is 0 Å². The lowest BCUT2D eigenvalue weighted by atomic mass is 10.0. The summed E-state index contributed by atoms with van der Waals surface area (Å²) in [6.07, 6.45) is 5.86. The standard InChI is InChI=1S/C16H20N2O2S/c19-21(12-14-6-8-20-9-7-14)13-15-10-17-18(11-15)16-4-2-1-3-5-16/h1-5,10-11,14H,6-9,12-13H2/t21-/m1/s1. The Labute approximate surface area is 127 Å². The molecule has 1 atom stereocenters. The molecular weight excluding hydrogens is 284 g/mol. The van der Waals surface area contributed by atoms with Gasteiger partial charge in [0.2, 0.25) is 0 Å². The second kappa shape index (κ2) is 7.00. The number of ether oxygens (including phenoxy) is 1. The Kier molecular flexibility index (Phi) is 4.83. The predicted octanol–water partition coefficient (Wildman–Crippen LogP) is 2.55. The summed E-state index contributed by atoms with van der Waals surface area (Å²) in [5.41, 5.74) is 2.06. The van der Waals surface area contributed by atoms with E-state index < -0.39 is 10.8 Å². The minimum Gasteiger partial charge on any atom is -0.381 e. The van der Waals surface area contributed by atoms with Gasteiger partial charge in [-0.25, -0.2) is 4.68 Å². The first-order valence-electron chi connectivity index (χ1n) is 7.33. The average Bonchev–Trinajstić information content (AvgIpc) is 2.97. The van der Waals surface area contributed by atoms with Crippen LogP contribution < -0.4 is 0 Å². The molecule has 3 rings (SSSR count). The summed E-state index contributed by atoms with van der Waals surface area (Å²) in [6, 6.07) is 9.97. The highest BCUT2D eigenvalue weighted by Crippen LogP contribution is 2.17. The van der Waals surface area contributed by atoms with Gasteiger partial charge >= 0.3 is 0 Å². The first kappa shape index (κ1) is 14.5. The lowest BCUT2D eigenvalue weighted by Gasteiger charge is -2.21. The Morgan fingerprint density at radius 3 is 2.76 bits per heavy atom. The number of aromatic nitrogens is 2. The minimum absolute atomic E-state index is 0.545. The van der Waals surface area contributed by atoms with Crippen LogP contribution in [0.5, 0.6) is 0 Å². The Morgan fingerprint density at radius 2 is 2.00 bits per heavy atom. The molecule has 4 nitrogen and oxygen atoms in total. The van der Waals surface area contributed by atoms with Gasteiger partial charge in [-0.05, 0) is 30.9 Å². The fourth-order valence-corrected chi connectivity index (χ4v) is 4.08. The number of hydrogen-bond donors (Lipinski definition) is 0. The van der Waals surface area contributed by atoms with Gasteiger partial charge in [-0.2, -0.15) is 5.10 Å². The highest BCUT2D eigenvalue weighted by Gasteiger charge is 2.17. The van der Waals surface area contributed by atoms with Gasteiger partial charge < -0.3 is 4.74 Å². The predicted molar refractivity (Wildman–Crippen MR) is 83.8 cm³/mol. The van der Waals surface area contributed by atoms with Crippen molar-refractivity contribution >= 4 is 10.8 Å². The van der Waals surface area contributed by atoms with Gasteiger partial charge in [-0.3, -0.25) is 4.21 Å². The third-order valence-corrected chi connectivity index (χ3v) is 5.25. The van der Waals surface area contributed by atoms with Crippen molar-refractivity contribution in [2.45, 2.75) is 18.6 Å². The molecule has 21 heavy (non-hydrogen) atoms. The number of nitrogens with zero attached hydrogens (tertiary/aromatic N) is 2. The Morgan fingerprint density at radius 1 is 1.24 bits per heavy atom. The molecule has 2 heterocycles. The molecule has 1 saturated heterocycles. The number of rotatable bonds is 5. The van der Waals surface area contributed by atoms with E-state index in [0.29, 0.717) is 11.7 Å².